The van der Waals surface area contributed by atoms with E-state index in [0.29, 0.717) is 10.6 Å². The highest BCUT2D eigenvalue weighted by Crippen LogP contribution is 2.16. The van der Waals surface area contributed by atoms with Crippen molar-refractivity contribution in [1.82, 2.24) is 10.0 Å². The summed E-state index contributed by atoms with van der Waals surface area (Å²) in [5.74, 6) is -1.61. The summed E-state index contributed by atoms with van der Waals surface area (Å²) >= 11 is 5.78. The number of benzene rings is 3. The second-order valence-corrected chi connectivity index (χ2v) is 8.48. The van der Waals surface area contributed by atoms with E-state index in [1.54, 1.807) is 30.3 Å². The van der Waals surface area contributed by atoms with Crippen LogP contribution in [0.1, 0.15) is 15.9 Å². The van der Waals surface area contributed by atoms with E-state index in [2.05, 4.69) is 5.32 Å². The van der Waals surface area contributed by atoms with Crippen LogP contribution in [0.2, 0.25) is 5.02 Å². The molecule has 0 spiro atoms. The molecule has 0 aliphatic heterocycles. The van der Waals surface area contributed by atoms with Crippen molar-refractivity contribution in [2.45, 2.75) is 4.90 Å². The van der Waals surface area contributed by atoms with Gasteiger partial charge in [-0.25, -0.2) is 13.1 Å². The Morgan fingerprint density at radius 3 is 2.10 bits per heavy atom. The fraction of sp³-hybridized carbons (Fsp3) is 0. The number of rotatable bonds is 6. The van der Waals surface area contributed by atoms with Crippen LogP contribution in [0, 0.1) is 0 Å². The number of nitrogens with one attached hydrogen (secondary N) is 2. The van der Waals surface area contributed by atoms with Crippen LogP contribution in [0.4, 0.5) is 0 Å². The third-order valence-corrected chi connectivity index (χ3v) is 5.68. The van der Waals surface area contributed by atoms with E-state index >= 15 is 0 Å². The van der Waals surface area contributed by atoms with Gasteiger partial charge < -0.3 is 10.4 Å². The van der Waals surface area contributed by atoms with Crippen LogP contribution in [-0.2, 0) is 14.8 Å². The first-order valence-corrected chi connectivity index (χ1v) is 10.8. The maximum atomic E-state index is 12.8. The van der Waals surface area contributed by atoms with Crippen molar-refractivity contribution in [3.05, 3.63) is 101 Å². The molecule has 3 aromatic carbocycles. The molecule has 0 fully saturated rings. The van der Waals surface area contributed by atoms with E-state index in [9.17, 15) is 23.1 Å². The molecule has 3 N–H and O–H groups in total. The summed E-state index contributed by atoms with van der Waals surface area (Å²) in [4.78, 5) is 25.2. The highest BCUT2D eigenvalue weighted by Gasteiger charge is 2.22. The lowest BCUT2D eigenvalue weighted by atomic mass is 10.1. The van der Waals surface area contributed by atoms with E-state index < -0.39 is 21.8 Å². The summed E-state index contributed by atoms with van der Waals surface area (Å²) < 4.78 is 27.1. The molecule has 31 heavy (non-hydrogen) atoms. The molecule has 2 amide bonds. The first-order valence-electron chi connectivity index (χ1n) is 8.94. The van der Waals surface area contributed by atoms with E-state index in [0.717, 1.165) is 0 Å². The molecule has 0 radical (unpaired) electrons. The number of amides is 2. The normalized spacial score (nSPS) is 11.6. The van der Waals surface area contributed by atoms with Gasteiger partial charge in [-0.3, -0.25) is 9.59 Å². The van der Waals surface area contributed by atoms with Gasteiger partial charge >= 0.3 is 0 Å². The van der Waals surface area contributed by atoms with Gasteiger partial charge in [-0.2, -0.15) is 0 Å². The first kappa shape index (κ1) is 22.1. The monoisotopic (exact) mass is 456 g/mol. The van der Waals surface area contributed by atoms with E-state index in [4.69, 9.17) is 11.6 Å². The number of hydrogen-bond donors (Lipinski definition) is 3. The van der Waals surface area contributed by atoms with Gasteiger partial charge in [0.15, 0.2) is 0 Å². The molecule has 158 valence electrons. The molecule has 0 unspecified atom stereocenters. The number of hydrogen-bond acceptors (Lipinski definition) is 5. The van der Waals surface area contributed by atoms with Crippen molar-refractivity contribution < 1.29 is 23.1 Å². The minimum absolute atomic E-state index is 0.0155. The Hall–Kier alpha value is -3.62. The van der Waals surface area contributed by atoms with Crippen LogP contribution in [0.3, 0.4) is 0 Å². The minimum atomic E-state index is -4.21. The number of halogens is 1. The van der Waals surface area contributed by atoms with Crippen molar-refractivity contribution in [2.24, 2.45) is 0 Å². The van der Waals surface area contributed by atoms with Crippen molar-refractivity contribution in [1.29, 1.82) is 0 Å². The molecule has 0 bridgehead atoms. The zero-order chi connectivity index (χ0) is 22.4. The third kappa shape index (κ3) is 5.94. The van der Waals surface area contributed by atoms with Gasteiger partial charge in [0.2, 0.25) is 0 Å². The van der Waals surface area contributed by atoms with Gasteiger partial charge in [0, 0.05) is 10.6 Å². The lowest BCUT2D eigenvalue weighted by Crippen LogP contribution is -2.38. The van der Waals surface area contributed by atoms with Crippen LogP contribution >= 0.6 is 11.6 Å². The maximum Gasteiger partial charge on any atom is 0.281 e. The summed E-state index contributed by atoms with van der Waals surface area (Å²) in [6.45, 7) is 0. The van der Waals surface area contributed by atoms with Crippen LogP contribution in [-0.4, -0.2) is 25.3 Å². The molecule has 0 aromatic heterocycles. The lowest BCUT2D eigenvalue weighted by molar-refractivity contribution is -0.116. The Morgan fingerprint density at radius 2 is 1.48 bits per heavy atom. The predicted octanol–water partition coefficient (Wildman–Crippen LogP) is 3.32. The highest BCUT2D eigenvalue weighted by molar-refractivity contribution is 7.90. The zero-order valence-electron chi connectivity index (χ0n) is 15.9. The Bertz CT molecular complexity index is 1220. The van der Waals surface area contributed by atoms with Crippen molar-refractivity contribution in [3.63, 3.8) is 0 Å². The molecule has 9 heteroatoms. The van der Waals surface area contributed by atoms with Crippen molar-refractivity contribution in [3.8, 4) is 5.75 Å². The fourth-order valence-electron chi connectivity index (χ4n) is 2.53. The SMILES string of the molecule is O=C(NS(=O)(=O)c1ccc(Cl)cc1)C(=Cc1ccc(O)cc1)NC(=O)c1ccccc1. The van der Waals surface area contributed by atoms with Gasteiger partial charge in [-0.05, 0) is 60.2 Å². The second-order valence-electron chi connectivity index (χ2n) is 6.36. The summed E-state index contributed by atoms with van der Waals surface area (Å²) in [6, 6.07) is 19.2. The lowest BCUT2D eigenvalue weighted by Gasteiger charge is -2.12. The number of carbonyl (C=O) groups excluding carboxylic acids is 2. The van der Waals surface area contributed by atoms with E-state index in [-0.39, 0.29) is 21.9 Å². The molecular formula is C22H17ClN2O5S. The zero-order valence-corrected chi connectivity index (χ0v) is 17.5. The average Bonchev–Trinajstić information content (AvgIpc) is 2.75. The molecule has 3 rings (SSSR count). The number of carbonyl (C=O) groups is 2. The molecule has 0 aliphatic carbocycles. The molecule has 0 atom stereocenters. The van der Waals surface area contributed by atoms with Gasteiger partial charge in [-0.15, -0.1) is 0 Å². The number of phenolic OH excluding ortho intramolecular Hbond substituents is 1. The van der Waals surface area contributed by atoms with Crippen LogP contribution < -0.4 is 10.0 Å². The Balaban J connectivity index is 1.91. The van der Waals surface area contributed by atoms with Crippen LogP contribution in [0.25, 0.3) is 6.08 Å². The van der Waals surface area contributed by atoms with E-state index in [1.165, 1.54) is 54.6 Å². The van der Waals surface area contributed by atoms with E-state index in [1.807, 2.05) is 4.72 Å². The standard InChI is InChI=1S/C22H17ClN2O5S/c23-17-8-12-19(13-9-17)31(29,30)25-22(28)20(14-15-6-10-18(26)11-7-15)24-21(27)16-4-2-1-3-5-16/h1-14,26H,(H,24,27)(H,25,28). The smallest absolute Gasteiger partial charge is 0.281 e. The van der Waals surface area contributed by atoms with Gasteiger partial charge in [-0.1, -0.05) is 41.9 Å². The molecule has 0 saturated heterocycles. The topological polar surface area (TPSA) is 113 Å². The fourth-order valence-corrected chi connectivity index (χ4v) is 3.62. The molecule has 0 heterocycles. The van der Waals surface area contributed by atoms with Gasteiger partial charge in [0.05, 0.1) is 4.90 Å². The largest absolute Gasteiger partial charge is 0.508 e. The molecular weight excluding hydrogens is 440 g/mol. The van der Waals surface area contributed by atoms with Gasteiger partial charge in [0.1, 0.15) is 11.4 Å². The maximum absolute atomic E-state index is 12.8. The van der Waals surface area contributed by atoms with Crippen molar-refractivity contribution in [2.75, 3.05) is 0 Å². The third-order valence-electron chi connectivity index (χ3n) is 4.08. The van der Waals surface area contributed by atoms with Crippen LogP contribution in [0.5, 0.6) is 5.75 Å². The summed E-state index contributed by atoms with van der Waals surface area (Å²) in [6.07, 6.45) is 1.30. The summed E-state index contributed by atoms with van der Waals surface area (Å²) in [5, 5.41) is 12.2. The first-order chi connectivity index (χ1) is 14.7. The molecule has 0 aliphatic rings. The summed E-state index contributed by atoms with van der Waals surface area (Å²) in [7, 11) is -4.21. The average molecular weight is 457 g/mol. The number of aromatic hydroxyl groups is 1. The Morgan fingerprint density at radius 1 is 0.871 bits per heavy atom. The molecule has 3 aromatic rings. The molecule has 0 saturated carbocycles. The summed E-state index contributed by atoms with van der Waals surface area (Å²) in [5.41, 5.74) is 0.449. The minimum Gasteiger partial charge on any atom is -0.508 e. The highest BCUT2D eigenvalue weighted by atomic mass is 35.5. The number of phenols is 1. The predicted molar refractivity (Wildman–Crippen MR) is 117 cm³/mol. The Kier molecular flexibility index (Phi) is 6.74. The quantitative estimate of drug-likeness (QED) is 0.492. The van der Waals surface area contributed by atoms with Crippen LogP contribution in [0.15, 0.2) is 89.5 Å². The Labute approximate surface area is 184 Å². The number of sulfonamides is 1. The molecule has 7 nitrogen and oxygen atoms in total. The second kappa shape index (κ2) is 9.46. The van der Waals surface area contributed by atoms with Gasteiger partial charge in [0.25, 0.3) is 21.8 Å². The van der Waals surface area contributed by atoms with Crippen molar-refractivity contribution >= 4 is 39.5 Å².